The molecule has 13 heavy (non-hydrogen) atoms. The standard InChI is InChI=1S/C7H4Br3N3/c8-4-1-6(9)5(3-12-13-11)7(10)2-4/h1-2H,3H2. The van der Waals surface area contributed by atoms with Gasteiger partial charge in [0, 0.05) is 18.3 Å². The molecule has 68 valence electrons. The summed E-state index contributed by atoms with van der Waals surface area (Å²) in [6.07, 6.45) is 0. The van der Waals surface area contributed by atoms with Gasteiger partial charge >= 0.3 is 0 Å². The Kier molecular flexibility index (Phi) is 4.25. The summed E-state index contributed by atoms with van der Waals surface area (Å²) in [7, 11) is 0. The lowest BCUT2D eigenvalue weighted by molar-refractivity contribution is 1.03. The first kappa shape index (κ1) is 11.0. The first-order valence-corrected chi connectivity index (χ1v) is 5.67. The van der Waals surface area contributed by atoms with Crippen molar-refractivity contribution in [1.29, 1.82) is 0 Å². The molecule has 0 aliphatic carbocycles. The number of nitrogens with zero attached hydrogens (tertiary/aromatic N) is 3. The third-order valence-corrected chi connectivity index (χ3v) is 3.27. The van der Waals surface area contributed by atoms with Gasteiger partial charge in [-0.2, -0.15) is 0 Å². The van der Waals surface area contributed by atoms with Gasteiger partial charge in [-0.1, -0.05) is 52.9 Å². The van der Waals surface area contributed by atoms with Crippen molar-refractivity contribution in [3.63, 3.8) is 0 Å². The van der Waals surface area contributed by atoms with E-state index in [2.05, 4.69) is 57.8 Å². The molecule has 1 rings (SSSR count). The highest BCUT2D eigenvalue weighted by molar-refractivity contribution is 9.11. The predicted molar refractivity (Wildman–Crippen MR) is 62.4 cm³/mol. The summed E-state index contributed by atoms with van der Waals surface area (Å²) in [5.41, 5.74) is 9.13. The topological polar surface area (TPSA) is 48.8 Å². The van der Waals surface area contributed by atoms with Crippen LogP contribution in [-0.4, -0.2) is 0 Å². The maximum absolute atomic E-state index is 8.18. The van der Waals surface area contributed by atoms with E-state index < -0.39 is 0 Å². The Morgan fingerprint density at radius 2 is 1.77 bits per heavy atom. The van der Waals surface area contributed by atoms with Crippen LogP contribution in [0.3, 0.4) is 0 Å². The lowest BCUT2D eigenvalue weighted by atomic mass is 10.2. The van der Waals surface area contributed by atoms with Gasteiger partial charge in [-0.25, -0.2) is 0 Å². The Bertz CT molecular complexity index is 348. The molecule has 0 aliphatic rings. The largest absolute Gasteiger partial charge is 0.0892 e. The molecule has 0 unspecified atom stereocenters. The van der Waals surface area contributed by atoms with Crippen molar-refractivity contribution >= 4 is 47.8 Å². The third kappa shape index (κ3) is 2.98. The smallest absolute Gasteiger partial charge is 0.0533 e. The maximum Gasteiger partial charge on any atom is 0.0533 e. The van der Waals surface area contributed by atoms with E-state index in [0.29, 0.717) is 6.54 Å². The summed E-state index contributed by atoms with van der Waals surface area (Å²) in [4.78, 5) is 2.71. The molecule has 0 saturated heterocycles. The molecule has 1 aromatic carbocycles. The SMILES string of the molecule is [N-]=[N+]=NCc1c(Br)cc(Br)cc1Br. The van der Waals surface area contributed by atoms with Crippen LogP contribution in [-0.2, 0) is 6.54 Å². The van der Waals surface area contributed by atoms with Gasteiger partial charge in [-0.3, -0.25) is 0 Å². The zero-order valence-electron chi connectivity index (χ0n) is 6.34. The molecule has 0 bridgehead atoms. The molecule has 0 aromatic heterocycles. The number of azide groups is 1. The molecule has 0 atom stereocenters. The van der Waals surface area contributed by atoms with Crippen LogP contribution in [0.25, 0.3) is 10.4 Å². The average Bonchev–Trinajstić information content (AvgIpc) is 2.02. The van der Waals surface area contributed by atoms with Crippen molar-refractivity contribution in [2.45, 2.75) is 6.54 Å². The summed E-state index contributed by atoms with van der Waals surface area (Å²) in [5, 5.41) is 3.50. The van der Waals surface area contributed by atoms with Crippen LogP contribution in [0.1, 0.15) is 5.56 Å². The molecule has 0 aliphatic heterocycles. The van der Waals surface area contributed by atoms with Gasteiger partial charge in [0.1, 0.15) is 0 Å². The molecule has 0 saturated carbocycles. The van der Waals surface area contributed by atoms with Crippen LogP contribution in [0.2, 0.25) is 0 Å². The number of halogens is 3. The summed E-state index contributed by atoms with van der Waals surface area (Å²) in [6.45, 7) is 0.338. The van der Waals surface area contributed by atoms with Crippen molar-refractivity contribution in [3.05, 3.63) is 41.6 Å². The minimum absolute atomic E-state index is 0.338. The first-order chi connectivity index (χ1) is 6.15. The fraction of sp³-hybridized carbons (Fsp3) is 0.143. The second kappa shape index (κ2) is 5.00. The second-order valence-electron chi connectivity index (χ2n) is 2.24. The van der Waals surface area contributed by atoms with Crippen molar-refractivity contribution in [1.82, 2.24) is 0 Å². The Labute approximate surface area is 101 Å². The zero-order chi connectivity index (χ0) is 9.84. The summed E-state index contributed by atoms with van der Waals surface area (Å²) in [5.74, 6) is 0. The van der Waals surface area contributed by atoms with Crippen molar-refractivity contribution in [2.24, 2.45) is 5.11 Å². The normalized spacial score (nSPS) is 9.46. The van der Waals surface area contributed by atoms with Crippen LogP contribution in [0, 0.1) is 0 Å². The number of benzene rings is 1. The monoisotopic (exact) mass is 367 g/mol. The van der Waals surface area contributed by atoms with Gasteiger partial charge in [-0.05, 0) is 23.2 Å². The molecule has 0 amide bonds. The molecule has 0 N–H and O–H groups in total. The van der Waals surface area contributed by atoms with E-state index in [0.717, 1.165) is 19.0 Å². The van der Waals surface area contributed by atoms with Crippen LogP contribution >= 0.6 is 47.8 Å². The average molecular weight is 370 g/mol. The molecule has 6 heteroatoms. The molecule has 1 aromatic rings. The molecule has 0 fully saturated rings. The Morgan fingerprint density at radius 3 is 2.23 bits per heavy atom. The van der Waals surface area contributed by atoms with E-state index in [1.807, 2.05) is 12.1 Å². The minimum Gasteiger partial charge on any atom is -0.0892 e. The van der Waals surface area contributed by atoms with Crippen LogP contribution in [0.5, 0.6) is 0 Å². The Hall–Kier alpha value is -0.0300. The van der Waals surface area contributed by atoms with Crippen LogP contribution < -0.4 is 0 Å². The van der Waals surface area contributed by atoms with Crippen molar-refractivity contribution in [3.8, 4) is 0 Å². The Balaban J connectivity index is 3.12. The summed E-state index contributed by atoms with van der Waals surface area (Å²) >= 11 is 10.1. The molecule has 0 heterocycles. The van der Waals surface area contributed by atoms with Crippen LogP contribution in [0.15, 0.2) is 30.7 Å². The van der Waals surface area contributed by atoms with Crippen molar-refractivity contribution in [2.75, 3.05) is 0 Å². The lowest BCUT2D eigenvalue weighted by Gasteiger charge is -2.04. The van der Waals surface area contributed by atoms with Gasteiger partial charge in [0.25, 0.3) is 0 Å². The number of hydrogen-bond acceptors (Lipinski definition) is 1. The van der Waals surface area contributed by atoms with E-state index in [9.17, 15) is 0 Å². The highest BCUT2D eigenvalue weighted by atomic mass is 79.9. The fourth-order valence-corrected chi connectivity index (χ4v) is 3.33. The van der Waals surface area contributed by atoms with E-state index >= 15 is 0 Å². The second-order valence-corrected chi connectivity index (χ2v) is 4.86. The van der Waals surface area contributed by atoms with Crippen molar-refractivity contribution < 1.29 is 0 Å². The quantitative estimate of drug-likeness (QED) is 0.409. The highest BCUT2D eigenvalue weighted by Crippen LogP contribution is 2.30. The lowest BCUT2D eigenvalue weighted by Crippen LogP contribution is -1.85. The molecular weight excluding hydrogens is 366 g/mol. The van der Waals surface area contributed by atoms with Gasteiger partial charge in [-0.15, -0.1) is 0 Å². The van der Waals surface area contributed by atoms with Gasteiger partial charge in [0.15, 0.2) is 0 Å². The predicted octanol–water partition coefficient (Wildman–Crippen LogP) is 4.78. The zero-order valence-corrected chi connectivity index (χ0v) is 11.1. The highest BCUT2D eigenvalue weighted by Gasteiger charge is 2.04. The Morgan fingerprint density at radius 1 is 1.23 bits per heavy atom. The van der Waals surface area contributed by atoms with Gasteiger partial charge < -0.3 is 0 Å². The van der Waals surface area contributed by atoms with Gasteiger partial charge in [0.2, 0.25) is 0 Å². The number of hydrogen-bond donors (Lipinski definition) is 0. The maximum atomic E-state index is 8.18. The minimum atomic E-state index is 0.338. The van der Waals surface area contributed by atoms with Gasteiger partial charge in [0.05, 0.1) is 6.54 Å². The summed E-state index contributed by atoms with van der Waals surface area (Å²) in [6, 6.07) is 3.82. The van der Waals surface area contributed by atoms with E-state index in [4.69, 9.17) is 5.53 Å². The summed E-state index contributed by atoms with van der Waals surface area (Å²) < 4.78 is 2.80. The fourth-order valence-electron chi connectivity index (χ4n) is 0.825. The molecule has 0 radical (unpaired) electrons. The van der Waals surface area contributed by atoms with E-state index in [1.54, 1.807) is 0 Å². The molecular formula is C7H4Br3N3. The first-order valence-electron chi connectivity index (χ1n) is 3.29. The van der Waals surface area contributed by atoms with Crippen LogP contribution in [0.4, 0.5) is 0 Å². The molecule has 3 nitrogen and oxygen atoms in total. The van der Waals surface area contributed by atoms with E-state index in [1.165, 1.54) is 0 Å². The third-order valence-electron chi connectivity index (χ3n) is 1.40. The number of rotatable bonds is 2. The van der Waals surface area contributed by atoms with E-state index in [-0.39, 0.29) is 0 Å². The molecule has 0 spiro atoms.